The number of aryl methyl sites for hydroxylation is 1. The normalized spacial score (nSPS) is 10.9. The van der Waals surface area contributed by atoms with Crippen molar-refractivity contribution in [3.8, 4) is 0 Å². The minimum absolute atomic E-state index is 0.268. The van der Waals surface area contributed by atoms with Crippen molar-refractivity contribution in [2.75, 3.05) is 5.32 Å². The molecule has 0 saturated heterocycles. The van der Waals surface area contributed by atoms with E-state index in [1.165, 1.54) is 10.6 Å². The second-order valence-electron chi connectivity index (χ2n) is 4.31. The van der Waals surface area contributed by atoms with Gasteiger partial charge in [-0.3, -0.25) is 0 Å². The first-order chi connectivity index (χ1) is 9.63. The van der Waals surface area contributed by atoms with E-state index in [0.29, 0.717) is 29.0 Å². The summed E-state index contributed by atoms with van der Waals surface area (Å²) in [5, 5.41) is 7.56. The van der Waals surface area contributed by atoms with Crippen molar-refractivity contribution in [2.45, 2.75) is 13.5 Å². The number of nitrogens with zero attached hydrogens (tertiary/aromatic N) is 4. The van der Waals surface area contributed by atoms with Gasteiger partial charge in [0.1, 0.15) is 11.0 Å². The second kappa shape index (κ2) is 5.05. The highest BCUT2D eigenvalue weighted by molar-refractivity contribution is 6.29. The fourth-order valence-corrected chi connectivity index (χ4v) is 2.11. The predicted molar refractivity (Wildman–Crippen MR) is 74.3 cm³/mol. The van der Waals surface area contributed by atoms with E-state index in [9.17, 15) is 4.39 Å². The number of anilines is 1. The van der Waals surface area contributed by atoms with Gasteiger partial charge in [0.25, 0.3) is 5.78 Å². The van der Waals surface area contributed by atoms with Gasteiger partial charge in [-0.25, -0.2) is 9.37 Å². The van der Waals surface area contributed by atoms with Crippen molar-refractivity contribution >= 4 is 23.3 Å². The fourth-order valence-electron chi connectivity index (χ4n) is 1.83. The summed E-state index contributed by atoms with van der Waals surface area (Å²) in [4.78, 5) is 8.42. The van der Waals surface area contributed by atoms with E-state index in [1.807, 2.05) is 6.92 Å². The summed E-state index contributed by atoms with van der Waals surface area (Å²) in [6, 6.07) is 8.24. The Morgan fingerprint density at radius 3 is 2.90 bits per heavy atom. The SMILES string of the molecule is Cc1cc(Cl)n2nc(NCc3ccccc3F)nc2n1. The molecule has 0 bridgehead atoms. The Kier molecular flexibility index (Phi) is 3.23. The molecule has 2 aromatic heterocycles. The zero-order valence-corrected chi connectivity index (χ0v) is 11.4. The smallest absolute Gasteiger partial charge is 0.255 e. The summed E-state index contributed by atoms with van der Waals surface area (Å²) in [5.41, 5.74) is 1.30. The Bertz CT molecular complexity index is 771. The summed E-state index contributed by atoms with van der Waals surface area (Å²) in [5.74, 6) is 0.495. The van der Waals surface area contributed by atoms with Gasteiger partial charge in [0.15, 0.2) is 0 Å². The summed E-state index contributed by atoms with van der Waals surface area (Å²) >= 11 is 6.05. The number of aromatic nitrogens is 4. The first-order valence-electron chi connectivity index (χ1n) is 6.01. The lowest BCUT2D eigenvalue weighted by Gasteiger charge is -2.02. The summed E-state index contributed by atoms with van der Waals surface area (Å²) < 4.78 is 14.9. The van der Waals surface area contributed by atoms with Crippen LogP contribution in [0.4, 0.5) is 10.3 Å². The van der Waals surface area contributed by atoms with Crippen LogP contribution in [0.5, 0.6) is 0 Å². The summed E-state index contributed by atoms with van der Waals surface area (Å²) in [6.45, 7) is 2.12. The average molecular weight is 292 g/mol. The zero-order chi connectivity index (χ0) is 14.1. The quantitative estimate of drug-likeness (QED) is 0.754. The number of fused-ring (bicyclic) bond motifs is 1. The standard InChI is InChI=1S/C13H11ClFN5/c1-8-6-11(14)20-13(17-8)18-12(19-20)16-7-9-4-2-3-5-10(9)15/h2-6H,7H2,1H3,(H,16,19). The molecule has 20 heavy (non-hydrogen) atoms. The van der Waals surface area contributed by atoms with Crippen LogP contribution in [0.25, 0.3) is 5.78 Å². The maximum Gasteiger partial charge on any atom is 0.255 e. The third-order valence-electron chi connectivity index (χ3n) is 2.79. The molecule has 0 radical (unpaired) electrons. The van der Waals surface area contributed by atoms with E-state index < -0.39 is 0 Å². The molecule has 0 atom stereocenters. The topological polar surface area (TPSA) is 55.1 Å². The molecule has 0 aliphatic carbocycles. The Labute approximate surface area is 119 Å². The van der Waals surface area contributed by atoms with E-state index in [0.717, 1.165) is 5.69 Å². The van der Waals surface area contributed by atoms with E-state index >= 15 is 0 Å². The molecule has 0 aliphatic rings. The number of hydrogen-bond donors (Lipinski definition) is 1. The lowest BCUT2D eigenvalue weighted by atomic mass is 10.2. The Hall–Kier alpha value is -2.21. The van der Waals surface area contributed by atoms with Gasteiger partial charge in [0.05, 0.1) is 0 Å². The number of hydrogen-bond acceptors (Lipinski definition) is 4. The van der Waals surface area contributed by atoms with E-state index in [1.54, 1.807) is 24.3 Å². The number of nitrogens with one attached hydrogen (secondary N) is 1. The van der Waals surface area contributed by atoms with Crippen molar-refractivity contribution in [3.05, 3.63) is 52.6 Å². The highest BCUT2D eigenvalue weighted by Gasteiger charge is 2.09. The molecule has 0 saturated carbocycles. The van der Waals surface area contributed by atoms with Gasteiger partial charge < -0.3 is 5.32 Å². The molecule has 3 aromatic rings. The van der Waals surface area contributed by atoms with Gasteiger partial charge in [-0.15, -0.1) is 5.10 Å². The van der Waals surface area contributed by atoms with Gasteiger partial charge >= 0.3 is 0 Å². The number of rotatable bonds is 3. The van der Waals surface area contributed by atoms with Crippen LogP contribution in [0.15, 0.2) is 30.3 Å². The van der Waals surface area contributed by atoms with Crippen LogP contribution in [0.1, 0.15) is 11.3 Å². The monoisotopic (exact) mass is 291 g/mol. The third-order valence-corrected chi connectivity index (χ3v) is 3.06. The third kappa shape index (κ3) is 2.42. The molecule has 5 nitrogen and oxygen atoms in total. The fraction of sp³-hybridized carbons (Fsp3) is 0.154. The van der Waals surface area contributed by atoms with Crippen LogP contribution in [-0.2, 0) is 6.54 Å². The minimum Gasteiger partial charge on any atom is -0.349 e. The highest BCUT2D eigenvalue weighted by atomic mass is 35.5. The summed E-state index contributed by atoms with van der Waals surface area (Å²) in [6.07, 6.45) is 0. The summed E-state index contributed by atoms with van der Waals surface area (Å²) in [7, 11) is 0. The van der Waals surface area contributed by atoms with Crippen LogP contribution < -0.4 is 5.32 Å². The van der Waals surface area contributed by atoms with Gasteiger partial charge in [-0.2, -0.15) is 9.50 Å². The highest BCUT2D eigenvalue weighted by Crippen LogP contribution is 2.14. The van der Waals surface area contributed by atoms with Crippen LogP contribution in [0.2, 0.25) is 5.15 Å². The molecular formula is C13H11ClFN5. The number of halogens is 2. The predicted octanol–water partition coefficient (Wildman–Crippen LogP) is 2.84. The molecule has 0 aliphatic heterocycles. The molecule has 2 heterocycles. The molecule has 0 spiro atoms. The van der Waals surface area contributed by atoms with Crippen LogP contribution >= 0.6 is 11.6 Å². The van der Waals surface area contributed by atoms with Crippen molar-refractivity contribution < 1.29 is 4.39 Å². The lowest BCUT2D eigenvalue weighted by Crippen LogP contribution is -2.03. The average Bonchev–Trinajstić information content (AvgIpc) is 2.81. The molecule has 0 fully saturated rings. The second-order valence-corrected chi connectivity index (χ2v) is 4.70. The molecule has 1 N–H and O–H groups in total. The zero-order valence-electron chi connectivity index (χ0n) is 10.6. The molecule has 0 amide bonds. The van der Waals surface area contributed by atoms with E-state index in [4.69, 9.17) is 11.6 Å². The molecule has 1 aromatic carbocycles. The van der Waals surface area contributed by atoms with Crippen molar-refractivity contribution in [1.82, 2.24) is 19.6 Å². The first kappa shape index (κ1) is 12.8. The Balaban J connectivity index is 1.85. The largest absolute Gasteiger partial charge is 0.349 e. The molecule has 0 unspecified atom stereocenters. The van der Waals surface area contributed by atoms with Crippen LogP contribution in [-0.4, -0.2) is 19.6 Å². The maximum absolute atomic E-state index is 13.5. The van der Waals surface area contributed by atoms with Gasteiger partial charge in [0.2, 0.25) is 5.95 Å². The minimum atomic E-state index is -0.268. The first-order valence-corrected chi connectivity index (χ1v) is 6.38. The van der Waals surface area contributed by atoms with Crippen molar-refractivity contribution in [1.29, 1.82) is 0 Å². The van der Waals surface area contributed by atoms with Crippen LogP contribution in [0.3, 0.4) is 0 Å². The lowest BCUT2D eigenvalue weighted by molar-refractivity contribution is 0.612. The van der Waals surface area contributed by atoms with E-state index in [-0.39, 0.29) is 5.82 Å². The Morgan fingerprint density at radius 2 is 2.10 bits per heavy atom. The molecular weight excluding hydrogens is 281 g/mol. The number of benzene rings is 1. The molecule has 7 heteroatoms. The molecule has 3 rings (SSSR count). The molecule has 102 valence electrons. The van der Waals surface area contributed by atoms with Gasteiger partial charge in [0, 0.05) is 17.8 Å². The van der Waals surface area contributed by atoms with Gasteiger partial charge in [-0.05, 0) is 19.1 Å². The Morgan fingerprint density at radius 1 is 1.30 bits per heavy atom. The van der Waals surface area contributed by atoms with Crippen molar-refractivity contribution in [2.24, 2.45) is 0 Å². The van der Waals surface area contributed by atoms with E-state index in [2.05, 4.69) is 20.4 Å². The van der Waals surface area contributed by atoms with Crippen molar-refractivity contribution in [3.63, 3.8) is 0 Å². The van der Waals surface area contributed by atoms with Crippen LogP contribution in [0, 0.1) is 12.7 Å². The maximum atomic E-state index is 13.5. The van der Waals surface area contributed by atoms with Gasteiger partial charge in [-0.1, -0.05) is 29.8 Å².